The van der Waals surface area contributed by atoms with Gasteiger partial charge < -0.3 is 14.4 Å². The summed E-state index contributed by atoms with van der Waals surface area (Å²) in [6, 6.07) is 13.1. The van der Waals surface area contributed by atoms with E-state index in [1.54, 1.807) is 18.2 Å². The number of ether oxygens (including phenoxy) is 2. The first-order valence-electron chi connectivity index (χ1n) is 10.1. The Morgan fingerprint density at radius 2 is 1.87 bits per heavy atom. The van der Waals surface area contributed by atoms with Gasteiger partial charge in [-0.2, -0.15) is 0 Å². The highest BCUT2D eigenvalue weighted by molar-refractivity contribution is 7.92. The normalized spacial score (nSPS) is 17.5. The van der Waals surface area contributed by atoms with Gasteiger partial charge in [0.1, 0.15) is 13.2 Å². The van der Waals surface area contributed by atoms with Crippen LogP contribution < -0.4 is 18.7 Å². The predicted octanol–water partition coefficient (Wildman–Crippen LogP) is 2.98. The minimum atomic E-state index is -3.51. The van der Waals surface area contributed by atoms with E-state index in [2.05, 4.69) is 0 Å². The number of rotatable bonds is 6. The van der Waals surface area contributed by atoms with Crippen molar-refractivity contribution in [1.29, 1.82) is 0 Å². The van der Waals surface area contributed by atoms with Gasteiger partial charge in [-0.25, -0.2) is 8.42 Å². The van der Waals surface area contributed by atoms with E-state index in [1.165, 1.54) is 16.1 Å². The summed E-state index contributed by atoms with van der Waals surface area (Å²) in [5.74, 6) is 1.16. The number of para-hydroxylation sites is 1. The molecule has 2 heterocycles. The lowest BCUT2D eigenvalue weighted by molar-refractivity contribution is -0.118. The van der Waals surface area contributed by atoms with Gasteiger partial charge in [0, 0.05) is 30.8 Å². The summed E-state index contributed by atoms with van der Waals surface area (Å²) in [5, 5.41) is 0. The summed E-state index contributed by atoms with van der Waals surface area (Å²) in [6.45, 7) is 3.16. The molecule has 0 saturated heterocycles. The van der Waals surface area contributed by atoms with Gasteiger partial charge in [0.05, 0.1) is 11.9 Å². The lowest BCUT2D eigenvalue weighted by Crippen LogP contribution is -2.37. The van der Waals surface area contributed by atoms with Gasteiger partial charge in [0.2, 0.25) is 15.9 Å². The largest absolute Gasteiger partial charge is 0.486 e. The van der Waals surface area contributed by atoms with Gasteiger partial charge in [-0.3, -0.25) is 9.10 Å². The van der Waals surface area contributed by atoms with Crippen LogP contribution >= 0.6 is 0 Å². The average molecular weight is 431 g/mol. The third-order valence-corrected chi connectivity index (χ3v) is 6.64. The molecule has 0 N–H and O–H groups in total. The Morgan fingerprint density at radius 3 is 2.63 bits per heavy atom. The standard InChI is InChI=1S/C22H26N2O5S/c1-16-14-17-6-3-4-7-19(17)24(16)22(25)8-5-11-23(30(2,26)27)18-9-10-20-21(15-18)29-13-12-28-20/h3-4,6-7,9-10,15-16H,5,8,11-14H2,1-2H3. The summed E-state index contributed by atoms with van der Waals surface area (Å²) in [5.41, 5.74) is 2.64. The molecule has 0 bridgehead atoms. The van der Waals surface area contributed by atoms with Crippen molar-refractivity contribution in [3.63, 3.8) is 0 Å². The molecule has 2 aliphatic rings. The maximum Gasteiger partial charge on any atom is 0.232 e. The zero-order chi connectivity index (χ0) is 21.3. The molecule has 30 heavy (non-hydrogen) atoms. The zero-order valence-electron chi connectivity index (χ0n) is 17.2. The summed E-state index contributed by atoms with van der Waals surface area (Å²) in [4.78, 5) is 14.7. The summed E-state index contributed by atoms with van der Waals surface area (Å²) < 4.78 is 37.2. The first kappa shape index (κ1) is 20.5. The number of sulfonamides is 1. The molecular weight excluding hydrogens is 404 g/mol. The van der Waals surface area contributed by atoms with Crippen molar-refractivity contribution in [2.75, 3.05) is 35.2 Å². The van der Waals surface area contributed by atoms with Crippen LogP contribution in [0, 0.1) is 0 Å². The van der Waals surface area contributed by atoms with Gasteiger partial charge in [-0.1, -0.05) is 18.2 Å². The Bertz CT molecular complexity index is 1050. The van der Waals surface area contributed by atoms with Gasteiger partial charge in [0.25, 0.3) is 0 Å². The van der Waals surface area contributed by atoms with Gasteiger partial charge in [-0.05, 0) is 43.5 Å². The Morgan fingerprint density at radius 1 is 1.13 bits per heavy atom. The highest BCUT2D eigenvalue weighted by Gasteiger charge is 2.30. The van der Waals surface area contributed by atoms with Gasteiger partial charge in [0.15, 0.2) is 11.5 Å². The second-order valence-corrected chi connectivity index (χ2v) is 9.62. The molecule has 7 nitrogen and oxygen atoms in total. The van der Waals surface area contributed by atoms with Crippen molar-refractivity contribution in [3.8, 4) is 11.5 Å². The molecule has 0 spiro atoms. The minimum Gasteiger partial charge on any atom is -0.486 e. The van der Waals surface area contributed by atoms with Crippen LogP contribution in [0.5, 0.6) is 11.5 Å². The van der Waals surface area contributed by atoms with Crippen LogP contribution in [0.3, 0.4) is 0 Å². The van der Waals surface area contributed by atoms with E-state index < -0.39 is 10.0 Å². The van der Waals surface area contributed by atoms with Crippen LogP contribution in [0.15, 0.2) is 42.5 Å². The molecule has 0 fully saturated rings. The van der Waals surface area contributed by atoms with Crippen molar-refractivity contribution >= 4 is 27.3 Å². The van der Waals surface area contributed by atoms with E-state index in [0.717, 1.165) is 12.1 Å². The summed E-state index contributed by atoms with van der Waals surface area (Å²) in [6.07, 6.45) is 2.71. The molecule has 1 atom stereocenters. The minimum absolute atomic E-state index is 0.0167. The molecule has 160 valence electrons. The third-order valence-electron chi connectivity index (χ3n) is 5.44. The topological polar surface area (TPSA) is 76.2 Å². The van der Waals surface area contributed by atoms with Crippen LogP contribution in [0.1, 0.15) is 25.3 Å². The van der Waals surface area contributed by atoms with Crippen LogP contribution in [0.25, 0.3) is 0 Å². The highest BCUT2D eigenvalue weighted by Crippen LogP contribution is 2.35. The molecule has 8 heteroatoms. The number of carbonyl (C=O) groups is 1. The smallest absolute Gasteiger partial charge is 0.232 e. The van der Waals surface area contributed by atoms with Crippen molar-refractivity contribution in [2.24, 2.45) is 0 Å². The van der Waals surface area contributed by atoms with E-state index in [9.17, 15) is 13.2 Å². The number of nitrogens with zero attached hydrogens (tertiary/aromatic N) is 2. The average Bonchev–Trinajstić information content (AvgIpc) is 3.05. The monoisotopic (exact) mass is 430 g/mol. The van der Waals surface area contributed by atoms with E-state index in [1.807, 2.05) is 36.1 Å². The molecule has 0 aliphatic carbocycles. The second-order valence-electron chi connectivity index (χ2n) is 7.71. The Kier molecular flexibility index (Phi) is 5.60. The maximum atomic E-state index is 12.9. The number of anilines is 2. The fourth-order valence-corrected chi connectivity index (χ4v) is 5.07. The molecular formula is C22H26N2O5S. The number of carbonyl (C=O) groups excluding carboxylic acids is 1. The van der Waals surface area contributed by atoms with Crippen molar-refractivity contribution < 1.29 is 22.7 Å². The molecule has 0 radical (unpaired) electrons. The molecule has 1 amide bonds. The molecule has 0 saturated carbocycles. The number of hydrogen-bond acceptors (Lipinski definition) is 5. The molecule has 2 aliphatic heterocycles. The summed E-state index contributed by atoms with van der Waals surface area (Å²) in [7, 11) is -3.51. The van der Waals surface area contributed by atoms with Crippen LogP contribution in [0.2, 0.25) is 0 Å². The Hall–Kier alpha value is -2.74. The quantitative estimate of drug-likeness (QED) is 0.704. The summed E-state index contributed by atoms with van der Waals surface area (Å²) >= 11 is 0. The van der Waals surface area contributed by atoms with Crippen LogP contribution in [0.4, 0.5) is 11.4 Å². The Balaban J connectivity index is 1.45. The highest BCUT2D eigenvalue weighted by atomic mass is 32.2. The predicted molar refractivity (Wildman–Crippen MR) is 116 cm³/mol. The van der Waals surface area contributed by atoms with Gasteiger partial charge in [-0.15, -0.1) is 0 Å². The lowest BCUT2D eigenvalue weighted by Gasteiger charge is -2.26. The molecule has 2 aromatic carbocycles. The molecule has 0 aromatic heterocycles. The van der Waals surface area contributed by atoms with E-state index in [0.29, 0.717) is 36.8 Å². The zero-order valence-corrected chi connectivity index (χ0v) is 18.0. The fourth-order valence-electron chi connectivity index (χ4n) is 4.11. The first-order chi connectivity index (χ1) is 14.3. The molecule has 2 aromatic rings. The maximum absolute atomic E-state index is 12.9. The first-order valence-corrected chi connectivity index (χ1v) is 12.0. The number of benzene rings is 2. The lowest BCUT2D eigenvalue weighted by atomic mass is 10.1. The van der Waals surface area contributed by atoms with Crippen LogP contribution in [-0.2, 0) is 21.2 Å². The Labute approximate surface area is 177 Å². The van der Waals surface area contributed by atoms with Crippen molar-refractivity contribution in [2.45, 2.75) is 32.2 Å². The second kappa shape index (κ2) is 8.18. The number of fused-ring (bicyclic) bond motifs is 2. The number of amides is 1. The molecule has 1 unspecified atom stereocenters. The van der Waals surface area contributed by atoms with Crippen LogP contribution in [-0.4, -0.2) is 46.4 Å². The van der Waals surface area contributed by atoms with E-state index in [4.69, 9.17) is 9.47 Å². The van der Waals surface area contributed by atoms with E-state index >= 15 is 0 Å². The molecule has 4 rings (SSSR count). The SMILES string of the molecule is CC1Cc2ccccc2N1C(=O)CCCN(c1ccc2c(c1)OCCO2)S(C)(=O)=O. The fraction of sp³-hybridized carbons (Fsp3) is 0.409. The number of hydrogen-bond donors (Lipinski definition) is 0. The van der Waals surface area contributed by atoms with Crippen molar-refractivity contribution in [1.82, 2.24) is 0 Å². The third kappa shape index (κ3) is 4.09. The van der Waals surface area contributed by atoms with Crippen molar-refractivity contribution in [3.05, 3.63) is 48.0 Å². The van der Waals surface area contributed by atoms with Gasteiger partial charge >= 0.3 is 0 Å². The van der Waals surface area contributed by atoms with E-state index in [-0.39, 0.29) is 24.9 Å².